The monoisotopic (exact) mass is 194 g/mol. The van der Waals surface area contributed by atoms with Crippen LogP contribution in [0.2, 0.25) is 5.02 Å². The quantitative estimate of drug-likeness (QED) is 0.446. The number of hydrogen-bond acceptors (Lipinski definition) is 3. The molecule has 0 radical (unpaired) electrons. The molecule has 0 saturated carbocycles. The second kappa shape index (κ2) is 4.48. The number of nitriles is 1. The molecule has 3 nitrogen and oxygen atoms in total. The average molecular weight is 195 g/mol. The van der Waals surface area contributed by atoms with Crippen LogP contribution in [0.4, 0.5) is 0 Å². The van der Waals surface area contributed by atoms with Gasteiger partial charge in [-0.1, -0.05) is 28.9 Å². The lowest BCUT2D eigenvalue weighted by atomic mass is 10.1. The van der Waals surface area contributed by atoms with Crippen molar-refractivity contribution in [3.63, 3.8) is 0 Å². The summed E-state index contributed by atoms with van der Waals surface area (Å²) >= 11 is 5.67. The van der Waals surface area contributed by atoms with E-state index >= 15 is 0 Å². The lowest BCUT2D eigenvalue weighted by molar-refractivity contribution is 0.319. The van der Waals surface area contributed by atoms with Crippen LogP contribution in [-0.2, 0) is 6.42 Å². The van der Waals surface area contributed by atoms with Gasteiger partial charge in [0, 0.05) is 11.4 Å². The zero-order valence-electron chi connectivity index (χ0n) is 6.74. The van der Waals surface area contributed by atoms with Gasteiger partial charge in [-0.15, -0.1) is 0 Å². The Morgan fingerprint density at radius 2 is 2.08 bits per heavy atom. The van der Waals surface area contributed by atoms with Gasteiger partial charge in [0.15, 0.2) is 5.71 Å². The summed E-state index contributed by atoms with van der Waals surface area (Å²) in [4.78, 5) is 0. The van der Waals surface area contributed by atoms with Gasteiger partial charge in [-0.25, -0.2) is 0 Å². The molecular weight excluding hydrogens is 188 g/mol. The van der Waals surface area contributed by atoms with Crippen molar-refractivity contribution in [3.8, 4) is 6.07 Å². The molecule has 0 aliphatic heterocycles. The maximum absolute atomic E-state index is 8.48. The van der Waals surface area contributed by atoms with Crippen LogP contribution in [0.3, 0.4) is 0 Å². The molecule has 0 aromatic heterocycles. The number of hydrogen-bond donors (Lipinski definition) is 1. The minimum absolute atomic E-state index is 0.0855. The minimum atomic E-state index is 0.0855. The van der Waals surface area contributed by atoms with Gasteiger partial charge in [0.2, 0.25) is 0 Å². The van der Waals surface area contributed by atoms with E-state index in [1.165, 1.54) is 0 Å². The van der Waals surface area contributed by atoms with E-state index in [0.29, 0.717) is 11.4 Å². The zero-order chi connectivity index (χ0) is 9.68. The van der Waals surface area contributed by atoms with Gasteiger partial charge in [0.25, 0.3) is 0 Å². The highest BCUT2D eigenvalue weighted by atomic mass is 35.5. The lowest BCUT2D eigenvalue weighted by Crippen LogP contribution is -1.99. The maximum Gasteiger partial charge on any atom is 0.161 e. The zero-order valence-corrected chi connectivity index (χ0v) is 7.49. The van der Waals surface area contributed by atoms with E-state index in [1.807, 2.05) is 0 Å². The smallest absolute Gasteiger partial charge is 0.161 e. The van der Waals surface area contributed by atoms with Gasteiger partial charge in [-0.05, 0) is 17.7 Å². The molecule has 4 heteroatoms. The molecule has 0 saturated heterocycles. The summed E-state index contributed by atoms with van der Waals surface area (Å²) in [6.07, 6.45) is 0.324. The third kappa shape index (κ3) is 2.77. The number of halogens is 1. The van der Waals surface area contributed by atoms with Crippen LogP contribution in [-0.4, -0.2) is 10.9 Å². The highest BCUT2D eigenvalue weighted by molar-refractivity contribution is 6.30. The summed E-state index contributed by atoms with van der Waals surface area (Å²) in [7, 11) is 0. The molecule has 0 fully saturated rings. The van der Waals surface area contributed by atoms with Gasteiger partial charge < -0.3 is 5.21 Å². The molecular formula is C9H7ClN2O. The average Bonchev–Trinajstić information content (AvgIpc) is 2.17. The highest BCUT2D eigenvalue weighted by Gasteiger charge is 2.00. The fraction of sp³-hybridized carbons (Fsp3) is 0.111. The van der Waals surface area contributed by atoms with E-state index in [4.69, 9.17) is 22.1 Å². The van der Waals surface area contributed by atoms with Crippen molar-refractivity contribution in [1.82, 2.24) is 0 Å². The molecule has 0 aliphatic carbocycles. The summed E-state index contributed by atoms with van der Waals surface area (Å²) in [6, 6.07) is 8.80. The van der Waals surface area contributed by atoms with E-state index in [-0.39, 0.29) is 5.71 Å². The molecule has 0 unspecified atom stereocenters. The van der Waals surface area contributed by atoms with E-state index in [9.17, 15) is 0 Å². The Hall–Kier alpha value is -1.53. The van der Waals surface area contributed by atoms with E-state index in [0.717, 1.165) is 5.56 Å². The molecule has 1 rings (SSSR count). The van der Waals surface area contributed by atoms with Gasteiger partial charge >= 0.3 is 0 Å². The summed E-state index contributed by atoms with van der Waals surface area (Å²) < 4.78 is 0. The highest BCUT2D eigenvalue weighted by Crippen LogP contribution is 2.10. The van der Waals surface area contributed by atoms with E-state index in [1.54, 1.807) is 30.3 Å². The van der Waals surface area contributed by atoms with Crippen molar-refractivity contribution in [3.05, 3.63) is 34.9 Å². The Morgan fingerprint density at radius 1 is 1.46 bits per heavy atom. The summed E-state index contributed by atoms with van der Waals surface area (Å²) in [5, 5.41) is 20.3. The van der Waals surface area contributed by atoms with Crippen molar-refractivity contribution in [1.29, 1.82) is 5.26 Å². The van der Waals surface area contributed by atoms with Crippen LogP contribution < -0.4 is 0 Å². The first-order valence-electron chi connectivity index (χ1n) is 3.61. The molecule has 0 heterocycles. The van der Waals surface area contributed by atoms with Crippen molar-refractivity contribution in [2.75, 3.05) is 0 Å². The molecule has 0 atom stereocenters. The van der Waals surface area contributed by atoms with Crippen LogP contribution in [0, 0.1) is 11.3 Å². The Bertz CT molecular complexity index is 351. The van der Waals surface area contributed by atoms with Gasteiger partial charge in [-0.2, -0.15) is 5.26 Å². The number of rotatable bonds is 2. The summed E-state index contributed by atoms with van der Waals surface area (Å²) in [5.41, 5.74) is 0.973. The molecule has 66 valence electrons. The molecule has 1 aromatic carbocycles. The van der Waals surface area contributed by atoms with Crippen molar-refractivity contribution >= 4 is 17.3 Å². The minimum Gasteiger partial charge on any atom is -0.410 e. The second-order valence-electron chi connectivity index (χ2n) is 2.46. The lowest BCUT2D eigenvalue weighted by Gasteiger charge is -1.96. The Labute approximate surface area is 80.9 Å². The number of oxime groups is 1. The van der Waals surface area contributed by atoms with Crippen LogP contribution >= 0.6 is 11.6 Å². The first kappa shape index (κ1) is 9.56. The fourth-order valence-corrected chi connectivity index (χ4v) is 1.02. The fourth-order valence-electron chi connectivity index (χ4n) is 0.893. The largest absolute Gasteiger partial charge is 0.410 e. The molecule has 0 bridgehead atoms. The Morgan fingerprint density at radius 3 is 2.54 bits per heavy atom. The molecule has 1 N–H and O–H groups in total. The molecule has 0 amide bonds. The van der Waals surface area contributed by atoms with Crippen LogP contribution in [0.1, 0.15) is 5.56 Å². The molecule has 0 spiro atoms. The molecule has 0 aliphatic rings. The third-order valence-electron chi connectivity index (χ3n) is 1.53. The predicted molar refractivity (Wildman–Crippen MR) is 50.0 cm³/mol. The summed E-state index contributed by atoms with van der Waals surface area (Å²) in [5.74, 6) is 0. The van der Waals surface area contributed by atoms with E-state index in [2.05, 4.69) is 5.16 Å². The van der Waals surface area contributed by atoms with Crippen LogP contribution in [0.25, 0.3) is 0 Å². The van der Waals surface area contributed by atoms with Crippen molar-refractivity contribution < 1.29 is 5.21 Å². The number of nitrogens with zero attached hydrogens (tertiary/aromatic N) is 2. The Kier molecular flexibility index (Phi) is 3.30. The molecule has 13 heavy (non-hydrogen) atoms. The third-order valence-corrected chi connectivity index (χ3v) is 1.79. The first-order valence-corrected chi connectivity index (χ1v) is 3.99. The normalized spacial score (nSPS) is 10.9. The van der Waals surface area contributed by atoms with Gasteiger partial charge in [-0.3, -0.25) is 0 Å². The summed E-state index contributed by atoms with van der Waals surface area (Å²) in [6.45, 7) is 0. The van der Waals surface area contributed by atoms with Crippen molar-refractivity contribution in [2.24, 2.45) is 5.16 Å². The standard InChI is InChI=1S/C9H7ClN2O/c10-8-3-1-7(2-4-8)5-9(6-11)12-13/h1-4,13H,5H2/b12-9-. The van der Waals surface area contributed by atoms with Gasteiger partial charge in [0.1, 0.15) is 6.07 Å². The Balaban J connectivity index is 2.76. The number of benzene rings is 1. The topological polar surface area (TPSA) is 56.4 Å². The van der Waals surface area contributed by atoms with Crippen LogP contribution in [0.15, 0.2) is 29.4 Å². The first-order chi connectivity index (χ1) is 6.26. The predicted octanol–water partition coefficient (Wildman–Crippen LogP) is 2.24. The van der Waals surface area contributed by atoms with E-state index < -0.39 is 0 Å². The van der Waals surface area contributed by atoms with Crippen molar-refractivity contribution in [2.45, 2.75) is 6.42 Å². The SMILES string of the molecule is N#C/C(Cc1ccc(Cl)cc1)=N\O. The van der Waals surface area contributed by atoms with Crippen LogP contribution in [0.5, 0.6) is 0 Å². The maximum atomic E-state index is 8.48. The van der Waals surface area contributed by atoms with Gasteiger partial charge in [0.05, 0.1) is 0 Å². The molecule has 1 aromatic rings. The second-order valence-corrected chi connectivity index (χ2v) is 2.90.